The van der Waals surface area contributed by atoms with E-state index in [9.17, 15) is 4.79 Å². The number of thioether (sulfide) groups is 1. The number of aliphatic hydroxyl groups is 1. The van der Waals surface area contributed by atoms with E-state index in [4.69, 9.17) is 5.11 Å². The Balaban J connectivity index is 2.95. The number of hydrogen-bond acceptors (Lipinski definition) is 4. The summed E-state index contributed by atoms with van der Waals surface area (Å²) < 4.78 is 4.49. The smallest absolute Gasteiger partial charge is 0.305 e. The molecule has 0 aliphatic heterocycles. The van der Waals surface area contributed by atoms with E-state index in [-0.39, 0.29) is 12.6 Å². The number of carbonyl (C=O) groups excluding carboxylic acids is 1. The van der Waals surface area contributed by atoms with Gasteiger partial charge in [-0.15, -0.1) is 0 Å². The molecule has 0 aromatic carbocycles. The first-order valence-electron chi connectivity index (χ1n) is 4.06. The van der Waals surface area contributed by atoms with Crippen molar-refractivity contribution in [2.24, 2.45) is 0 Å². The van der Waals surface area contributed by atoms with Crippen molar-refractivity contribution < 1.29 is 14.6 Å². The number of esters is 1. The molecule has 0 bridgehead atoms. The van der Waals surface area contributed by atoms with Crippen molar-refractivity contribution in [3.05, 3.63) is 0 Å². The normalized spacial score (nSPS) is 9.83. The van der Waals surface area contributed by atoms with Gasteiger partial charge in [0, 0.05) is 13.0 Å². The van der Waals surface area contributed by atoms with E-state index in [1.165, 1.54) is 7.11 Å². The van der Waals surface area contributed by atoms with E-state index in [2.05, 4.69) is 4.74 Å². The molecule has 0 rings (SSSR count). The van der Waals surface area contributed by atoms with Gasteiger partial charge in [0.05, 0.1) is 7.11 Å². The van der Waals surface area contributed by atoms with Crippen molar-refractivity contribution in [3.63, 3.8) is 0 Å². The highest BCUT2D eigenvalue weighted by molar-refractivity contribution is 7.99. The highest BCUT2D eigenvalue weighted by Crippen LogP contribution is 2.06. The number of methoxy groups -OCH3 is 1. The van der Waals surface area contributed by atoms with Crippen LogP contribution in [0.5, 0.6) is 0 Å². The minimum absolute atomic E-state index is 0.141. The van der Waals surface area contributed by atoms with Crippen LogP contribution in [0.1, 0.15) is 19.3 Å². The largest absolute Gasteiger partial charge is 0.469 e. The maximum atomic E-state index is 10.6. The second kappa shape index (κ2) is 8.87. The van der Waals surface area contributed by atoms with Crippen molar-refractivity contribution in [2.75, 3.05) is 25.2 Å². The lowest BCUT2D eigenvalue weighted by molar-refractivity contribution is -0.140. The molecule has 0 aliphatic rings. The van der Waals surface area contributed by atoms with Gasteiger partial charge in [0.25, 0.3) is 0 Å². The Kier molecular flexibility index (Phi) is 8.71. The fourth-order valence-electron chi connectivity index (χ4n) is 0.689. The third-order valence-corrected chi connectivity index (χ3v) is 2.50. The molecule has 0 heterocycles. The molecule has 0 spiro atoms. The predicted molar refractivity (Wildman–Crippen MR) is 50.3 cm³/mol. The van der Waals surface area contributed by atoms with Gasteiger partial charge >= 0.3 is 5.97 Å². The van der Waals surface area contributed by atoms with Gasteiger partial charge in [-0.2, -0.15) is 11.8 Å². The summed E-state index contributed by atoms with van der Waals surface area (Å²) in [5.41, 5.74) is 0. The molecule has 0 aromatic heterocycles. The molecule has 0 amide bonds. The third kappa shape index (κ3) is 7.88. The van der Waals surface area contributed by atoms with Crippen LogP contribution in [0.15, 0.2) is 0 Å². The predicted octanol–water partition coefficient (Wildman–Crippen LogP) is 1.06. The van der Waals surface area contributed by atoms with Gasteiger partial charge in [0.1, 0.15) is 0 Å². The van der Waals surface area contributed by atoms with Crippen LogP contribution in [0.4, 0.5) is 0 Å². The van der Waals surface area contributed by atoms with Gasteiger partial charge in [-0.1, -0.05) is 0 Å². The Hall–Kier alpha value is -0.220. The molecule has 0 aromatic rings. The lowest BCUT2D eigenvalue weighted by Gasteiger charge is -1.99. The summed E-state index contributed by atoms with van der Waals surface area (Å²) in [5, 5.41) is 8.46. The van der Waals surface area contributed by atoms with Crippen LogP contribution in [-0.4, -0.2) is 36.3 Å². The topological polar surface area (TPSA) is 46.5 Å². The SMILES string of the molecule is COC(=O)CCCSCCCO. The maximum absolute atomic E-state index is 10.6. The second-order valence-corrected chi connectivity index (χ2v) is 3.59. The summed E-state index contributed by atoms with van der Waals surface area (Å²) in [7, 11) is 1.40. The third-order valence-electron chi connectivity index (χ3n) is 1.34. The van der Waals surface area contributed by atoms with Gasteiger partial charge in [0.2, 0.25) is 0 Å². The van der Waals surface area contributed by atoms with E-state index < -0.39 is 0 Å². The minimum Gasteiger partial charge on any atom is -0.469 e. The summed E-state index contributed by atoms with van der Waals surface area (Å²) in [6.45, 7) is 0.254. The quantitative estimate of drug-likeness (QED) is 0.484. The van der Waals surface area contributed by atoms with Crippen LogP contribution in [0.3, 0.4) is 0 Å². The number of hydrogen-bond donors (Lipinski definition) is 1. The van der Waals surface area contributed by atoms with Crippen molar-refractivity contribution in [3.8, 4) is 0 Å². The molecule has 4 heteroatoms. The van der Waals surface area contributed by atoms with Crippen LogP contribution in [0.2, 0.25) is 0 Å². The van der Waals surface area contributed by atoms with Crippen molar-refractivity contribution in [1.29, 1.82) is 0 Å². The van der Waals surface area contributed by atoms with Gasteiger partial charge in [-0.05, 0) is 24.3 Å². The first-order chi connectivity index (χ1) is 5.81. The van der Waals surface area contributed by atoms with Crippen molar-refractivity contribution in [2.45, 2.75) is 19.3 Å². The lowest BCUT2D eigenvalue weighted by atomic mass is 10.3. The molecule has 0 saturated heterocycles. The van der Waals surface area contributed by atoms with Gasteiger partial charge in [0.15, 0.2) is 0 Å². The Morgan fingerprint density at radius 2 is 2.08 bits per heavy atom. The molecule has 0 fully saturated rings. The molecule has 1 N–H and O–H groups in total. The fourth-order valence-corrected chi connectivity index (χ4v) is 1.58. The summed E-state index contributed by atoms with van der Waals surface area (Å²) in [4.78, 5) is 10.6. The van der Waals surface area contributed by atoms with Gasteiger partial charge in [-0.25, -0.2) is 0 Å². The van der Waals surface area contributed by atoms with Crippen LogP contribution in [0.25, 0.3) is 0 Å². The standard InChI is InChI=1S/C8H16O3S/c1-11-8(10)4-2-6-12-7-3-5-9/h9H,2-7H2,1H3. The fraction of sp³-hybridized carbons (Fsp3) is 0.875. The first-order valence-corrected chi connectivity index (χ1v) is 5.22. The highest BCUT2D eigenvalue weighted by atomic mass is 32.2. The number of ether oxygens (including phenoxy) is 1. The highest BCUT2D eigenvalue weighted by Gasteiger charge is 1.98. The van der Waals surface area contributed by atoms with Crippen LogP contribution >= 0.6 is 11.8 Å². The summed E-state index contributed by atoms with van der Waals surface area (Å²) in [5.74, 6) is 1.80. The van der Waals surface area contributed by atoms with E-state index in [1.54, 1.807) is 11.8 Å². The Labute approximate surface area is 77.5 Å². The van der Waals surface area contributed by atoms with Gasteiger partial charge < -0.3 is 9.84 Å². The maximum Gasteiger partial charge on any atom is 0.305 e. The molecule has 72 valence electrons. The molecule has 0 unspecified atom stereocenters. The number of aliphatic hydroxyl groups excluding tert-OH is 1. The molecular formula is C8H16O3S. The first kappa shape index (κ1) is 11.8. The van der Waals surface area contributed by atoms with E-state index in [0.717, 1.165) is 24.3 Å². The zero-order chi connectivity index (χ0) is 9.23. The Morgan fingerprint density at radius 1 is 1.42 bits per heavy atom. The van der Waals surface area contributed by atoms with Crippen molar-refractivity contribution >= 4 is 17.7 Å². The monoisotopic (exact) mass is 192 g/mol. The van der Waals surface area contributed by atoms with Crippen LogP contribution in [0, 0.1) is 0 Å². The average molecular weight is 192 g/mol. The number of carbonyl (C=O) groups is 1. The second-order valence-electron chi connectivity index (χ2n) is 2.37. The summed E-state index contributed by atoms with van der Waals surface area (Å²) >= 11 is 1.76. The van der Waals surface area contributed by atoms with Crippen LogP contribution in [-0.2, 0) is 9.53 Å². The van der Waals surface area contributed by atoms with Gasteiger partial charge in [-0.3, -0.25) is 4.79 Å². The molecule has 0 aliphatic carbocycles. The molecule has 0 atom stereocenters. The molecule has 0 radical (unpaired) electrons. The van der Waals surface area contributed by atoms with Crippen molar-refractivity contribution in [1.82, 2.24) is 0 Å². The Bertz CT molecular complexity index is 117. The molecule has 3 nitrogen and oxygen atoms in total. The number of rotatable bonds is 7. The molecule has 0 saturated carbocycles. The van der Waals surface area contributed by atoms with E-state index in [1.807, 2.05) is 0 Å². The molecular weight excluding hydrogens is 176 g/mol. The zero-order valence-electron chi connectivity index (χ0n) is 7.41. The molecule has 12 heavy (non-hydrogen) atoms. The average Bonchev–Trinajstić information content (AvgIpc) is 2.10. The van der Waals surface area contributed by atoms with E-state index >= 15 is 0 Å². The lowest BCUT2D eigenvalue weighted by Crippen LogP contribution is -2.00. The summed E-state index contributed by atoms with van der Waals surface area (Å²) in [6.07, 6.45) is 2.20. The Morgan fingerprint density at radius 3 is 2.67 bits per heavy atom. The summed E-state index contributed by atoms with van der Waals surface area (Å²) in [6, 6.07) is 0. The van der Waals surface area contributed by atoms with Crippen LogP contribution < -0.4 is 0 Å². The van der Waals surface area contributed by atoms with E-state index in [0.29, 0.717) is 6.42 Å². The minimum atomic E-state index is -0.141. The zero-order valence-corrected chi connectivity index (χ0v) is 8.23.